The molecular formula is C34H49N4O20P3. The van der Waals surface area contributed by atoms with E-state index in [2.05, 4.69) is 37.4 Å². The molecule has 0 bridgehead atoms. The summed E-state index contributed by atoms with van der Waals surface area (Å²) in [7, 11) is -17.0. The van der Waals surface area contributed by atoms with Gasteiger partial charge in [-0.05, 0) is 24.6 Å². The molecular weight excluding hydrogens is 877 g/mol. The highest BCUT2D eigenvalue weighted by molar-refractivity contribution is 7.66. The second-order valence-electron chi connectivity index (χ2n) is 12.5. The normalized spacial score (nSPS) is 19.1. The van der Waals surface area contributed by atoms with Crippen molar-refractivity contribution >= 4 is 41.4 Å². The number of hydrogen-bond donors (Lipinski definition) is 7. The summed E-state index contributed by atoms with van der Waals surface area (Å²) in [6.07, 6.45) is 3.86. The second-order valence-corrected chi connectivity index (χ2v) is 16.9. The maximum Gasteiger partial charge on any atom is 0.490 e. The minimum atomic E-state index is -5.80. The van der Waals surface area contributed by atoms with Crippen LogP contribution in [0.15, 0.2) is 71.4 Å². The van der Waals surface area contributed by atoms with E-state index in [0.29, 0.717) is 17.9 Å². The van der Waals surface area contributed by atoms with Crippen LogP contribution in [0.3, 0.4) is 0 Å². The van der Waals surface area contributed by atoms with Gasteiger partial charge in [0.05, 0.1) is 31.5 Å². The van der Waals surface area contributed by atoms with Crippen molar-refractivity contribution in [3.63, 3.8) is 0 Å². The average Bonchev–Trinajstić information content (AvgIpc) is 3.59. The van der Waals surface area contributed by atoms with Gasteiger partial charge in [-0.2, -0.15) is 8.62 Å². The predicted molar refractivity (Wildman–Crippen MR) is 213 cm³/mol. The lowest BCUT2D eigenvalue weighted by molar-refractivity contribution is -0.162. The number of carbonyl (C=O) groups excluding carboxylic acids is 2. The number of H-pyrrole nitrogens is 1. The van der Waals surface area contributed by atoms with Crippen molar-refractivity contribution in [2.75, 3.05) is 52.9 Å². The fourth-order valence-electron chi connectivity index (χ4n) is 5.04. The number of phosphoric acid groups is 3. The predicted octanol–water partition coefficient (Wildman–Crippen LogP) is 2.00. The molecule has 340 valence electrons. The molecule has 27 heteroatoms. The summed E-state index contributed by atoms with van der Waals surface area (Å²) < 4.78 is 81.6. The summed E-state index contributed by atoms with van der Waals surface area (Å²) in [5.74, 6) is -0.431. The molecule has 2 aromatic rings. The van der Waals surface area contributed by atoms with E-state index in [1.54, 1.807) is 24.3 Å². The molecule has 24 nitrogen and oxygen atoms in total. The number of nitrogens with one attached hydrogen (secondary N) is 3. The highest BCUT2D eigenvalue weighted by Gasteiger charge is 2.43. The van der Waals surface area contributed by atoms with E-state index >= 15 is 0 Å². The third-order valence-electron chi connectivity index (χ3n) is 7.72. The molecule has 0 spiro atoms. The number of hydrogen-bond acceptors (Lipinski definition) is 16. The molecule has 2 heterocycles. The van der Waals surface area contributed by atoms with E-state index in [4.69, 9.17) is 42.7 Å². The lowest BCUT2D eigenvalue weighted by atomic mass is 10.2. The lowest BCUT2D eigenvalue weighted by Crippen LogP contribution is -2.34. The Bertz CT molecular complexity index is 2070. The first-order chi connectivity index (χ1) is 28.8. The van der Waals surface area contributed by atoms with Gasteiger partial charge >= 0.3 is 29.2 Å². The van der Waals surface area contributed by atoms with Crippen LogP contribution in [0.5, 0.6) is 5.75 Å². The zero-order valence-corrected chi connectivity index (χ0v) is 35.5. The fourth-order valence-corrected chi connectivity index (χ4v) is 8.07. The van der Waals surface area contributed by atoms with Crippen LogP contribution in [0.1, 0.15) is 48.3 Å². The van der Waals surface area contributed by atoms with Crippen LogP contribution in [-0.2, 0) is 55.3 Å². The molecule has 1 aromatic heterocycles. The van der Waals surface area contributed by atoms with E-state index in [0.717, 1.165) is 23.6 Å². The Balaban J connectivity index is 1.60. The minimum Gasteiger partial charge on any atom is -0.488 e. The van der Waals surface area contributed by atoms with Crippen molar-refractivity contribution in [2.24, 2.45) is 0 Å². The monoisotopic (exact) mass is 926 g/mol. The molecule has 0 radical (unpaired) electrons. The number of nitrogens with zero attached hydrogens (tertiary/aromatic N) is 1. The third-order valence-corrected chi connectivity index (χ3v) is 11.5. The van der Waals surface area contributed by atoms with Gasteiger partial charge in [0.25, 0.3) is 11.5 Å². The Morgan fingerprint density at radius 1 is 1.05 bits per heavy atom. The maximum atomic E-state index is 12.8. The highest BCUT2D eigenvalue weighted by atomic mass is 31.3. The highest BCUT2D eigenvalue weighted by Crippen LogP contribution is 2.66. The van der Waals surface area contributed by atoms with E-state index < -0.39 is 78.6 Å². The Kier molecular flexibility index (Phi) is 21.3. The zero-order valence-electron chi connectivity index (χ0n) is 32.8. The molecule has 6 atom stereocenters. The molecule has 3 rings (SSSR count). The smallest absolute Gasteiger partial charge is 0.488 e. The van der Waals surface area contributed by atoms with Gasteiger partial charge in [0, 0.05) is 31.3 Å². The third kappa shape index (κ3) is 19.3. The first-order valence-corrected chi connectivity index (χ1v) is 22.7. The molecule has 7 N–H and O–H groups in total. The molecule has 1 aliphatic rings. The molecule has 1 aliphatic heterocycles. The zero-order chi connectivity index (χ0) is 45.1. The molecule has 1 aromatic carbocycles. The second kappa shape index (κ2) is 25.2. The number of unbranched alkanes of at least 4 members (excludes halogenated alkanes) is 1. The summed E-state index contributed by atoms with van der Waals surface area (Å²) in [4.78, 5) is 89.5. The molecule has 0 saturated carbocycles. The van der Waals surface area contributed by atoms with E-state index in [1.807, 2.05) is 6.92 Å². The Morgan fingerprint density at radius 3 is 2.51 bits per heavy atom. The van der Waals surface area contributed by atoms with Gasteiger partial charge in [-0.15, -0.1) is 13.2 Å². The summed E-state index contributed by atoms with van der Waals surface area (Å²) >= 11 is 0. The first-order valence-electron chi connectivity index (χ1n) is 18.2. The van der Waals surface area contributed by atoms with Crippen molar-refractivity contribution < 1.29 is 84.4 Å². The first kappa shape index (κ1) is 51.4. The summed E-state index contributed by atoms with van der Waals surface area (Å²) in [6, 6.07) is 6.53. The average molecular weight is 927 g/mol. The SMILES string of the molecule is C=CCOCOC1C[C@H](n2cc(/C=C/CNC(=O)COC(COc3cccc(C(=O)NCCCC)c3)OCC=C)c(=O)[nH]c2=O)O[C@@H]1COP(=O)(O)OP(=O)(O)OP(=O)(O)O. The van der Waals surface area contributed by atoms with Gasteiger partial charge in [0.2, 0.25) is 5.91 Å². The number of rotatable bonds is 29. The van der Waals surface area contributed by atoms with Gasteiger partial charge in [-0.3, -0.25) is 28.5 Å². The van der Waals surface area contributed by atoms with Crippen molar-refractivity contribution in [1.82, 2.24) is 20.2 Å². The molecule has 4 unspecified atom stereocenters. The minimum absolute atomic E-state index is 0.0604. The van der Waals surface area contributed by atoms with E-state index in [1.165, 1.54) is 24.3 Å². The number of carbonyl (C=O) groups is 2. The summed E-state index contributed by atoms with van der Waals surface area (Å²) in [6.45, 7) is 7.89. The number of aromatic amines is 1. The maximum absolute atomic E-state index is 12.8. The van der Waals surface area contributed by atoms with Crippen LogP contribution in [0.2, 0.25) is 0 Å². The van der Waals surface area contributed by atoms with Gasteiger partial charge in [0.1, 0.15) is 38.1 Å². The summed E-state index contributed by atoms with van der Waals surface area (Å²) in [5, 5.41) is 5.40. The van der Waals surface area contributed by atoms with E-state index in [-0.39, 0.29) is 51.0 Å². The molecule has 61 heavy (non-hydrogen) atoms. The van der Waals surface area contributed by atoms with Gasteiger partial charge < -0.3 is 58.6 Å². The van der Waals surface area contributed by atoms with E-state index in [9.17, 15) is 42.7 Å². The lowest BCUT2D eigenvalue weighted by Gasteiger charge is -2.21. The van der Waals surface area contributed by atoms with Gasteiger partial charge in [0.15, 0.2) is 6.29 Å². The van der Waals surface area contributed by atoms with Crippen LogP contribution >= 0.6 is 23.5 Å². The van der Waals surface area contributed by atoms with Crippen LogP contribution in [0.25, 0.3) is 6.08 Å². The Hall–Kier alpha value is -3.93. The molecule has 0 aliphatic carbocycles. The number of amides is 2. The molecule has 1 fully saturated rings. The Morgan fingerprint density at radius 2 is 1.80 bits per heavy atom. The van der Waals surface area contributed by atoms with Crippen molar-refractivity contribution in [3.05, 3.63) is 93.8 Å². The van der Waals surface area contributed by atoms with Gasteiger partial charge in [-0.1, -0.05) is 43.7 Å². The molecule has 2 amide bonds. The van der Waals surface area contributed by atoms with Crippen molar-refractivity contribution in [1.29, 1.82) is 0 Å². The number of ether oxygens (including phenoxy) is 6. The van der Waals surface area contributed by atoms with Crippen molar-refractivity contribution in [3.8, 4) is 5.75 Å². The van der Waals surface area contributed by atoms with Crippen LogP contribution in [0, 0.1) is 0 Å². The van der Waals surface area contributed by atoms with Gasteiger partial charge in [-0.25, -0.2) is 18.5 Å². The van der Waals surface area contributed by atoms with Crippen LogP contribution in [0.4, 0.5) is 0 Å². The van der Waals surface area contributed by atoms with Crippen LogP contribution < -0.4 is 26.6 Å². The Labute approximate surface area is 348 Å². The number of phosphoric ester groups is 1. The number of benzene rings is 1. The topological polar surface area (TPSA) is 328 Å². The standard InChI is InChI=1S/C34H49N4O20P3/c1-4-7-13-36-32(40)24-10-8-12-26(17-24)52-22-31(51-16-6-3)53-21-29(39)35-14-9-11-25-19-38(34(42)37-33(25)41)30-18-27(54-23-50-15-5-2)28(56-30)20-55-60(46,47)58-61(48,49)57-59(43,44)45/h5-6,8-12,17,19,27-28,30-31H,2-4,7,13-16,18,20-23H2,1H3,(H,35,39)(H,36,40)(H,46,47)(H,48,49)(H,37,41,42)(H2,43,44,45)/b11-9+/t27?,28-,30-,31?/m1/s1. The largest absolute Gasteiger partial charge is 0.490 e. The van der Waals surface area contributed by atoms with Crippen LogP contribution in [-0.4, -0.2) is 112 Å². The van der Waals surface area contributed by atoms with Crippen molar-refractivity contribution in [2.45, 2.75) is 50.9 Å². The fraction of sp³-hybridized carbons (Fsp3) is 0.471. The quantitative estimate of drug-likeness (QED) is 0.0265. The number of aromatic nitrogens is 2. The summed E-state index contributed by atoms with van der Waals surface area (Å²) in [5.41, 5.74) is -1.38. The molecule has 1 saturated heterocycles.